The van der Waals surface area contributed by atoms with Crippen LogP contribution in [0.4, 0.5) is 10.1 Å². The highest BCUT2D eigenvalue weighted by molar-refractivity contribution is 5.77. The summed E-state index contributed by atoms with van der Waals surface area (Å²) < 4.78 is 24.9. The second-order valence-corrected chi connectivity index (χ2v) is 6.78. The number of ether oxygens (including phenoxy) is 2. The van der Waals surface area contributed by atoms with Crippen molar-refractivity contribution in [1.82, 2.24) is 5.32 Å². The number of rotatable bonds is 6. The Bertz CT molecular complexity index is 555. The summed E-state index contributed by atoms with van der Waals surface area (Å²) in [4.78, 5) is 14.0. The van der Waals surface area contributed by atoms with Crippen molar-refractivity contribution in [2.24, 2.45) is 0 Å². The van der Waals surface area contributed by atoms with E-state index in [4.69, 9.17) is 9.47 Å². The van der Waals surface area contributed by atoms with Crippen molar-refractivity contribution in [3.63, 3.8) is 0 Å². The predicted octanol–water partition coefficient (Wildman–Crippen LogP) is 2.50. The Labute approximate surface area is 148 Å². The third-order valence-corrected chi connectivity index (χ3v) is 4.86. The Kier molecular flexibility index (Phi) is 6.64. The zero-order valence-corrected chi connectivity index (χ0v) is 14.6. The highest BCUT2D eigenvalue weighted by Crippen LogP contribution is 2.22. The molecular formula is C19H27FN2O3. The number of carbonyl (C=O) groups excluding carboxylic acids is 1. The van der Waals surface area contributed by atoms with Crippen molar-refractivity contribution in [2.45, 2.75) is 44.2 Å². The van der Waals surface area contributed by atoms with E-state index in [-0.39, 0.29) is 30.5 Å². The Hall–Kier alpha value is -1.66. The van der Waals surface area contributed by atoms with Gasteiger partial charge in [-0.05, 0) is 44.2 Å². The largest absolute Gasteiger partial charge is 0.376 e. The van der Waals surface area contributed by atoms with Gasteiger partial charge in [-0.15, -0.1) is 0 Å². The summed E-state index contributed by atoms with van der Waals surface area (Å²) in [6.07, 6.45) is 5.04. The quantitative estimate of drug-likeness (QED) is 0.856. The molecule has 138 valence electrons. The van der Waals surface area contributed by atoms with Crippen LogP contribution < -0.4 is 10.2 Å². The van der Waals surface area contributed by atoms with E-state index in [1.165, 1.54) is 12.5 Å². The molecule has 0 radical (unpaired) electrons. The first-order chi connectivity index (χ1) is 12.2. The van der Waals surface area contributed by atoms with Gasteiger partial charge in [-0.2, -0.15) is 0 Å². The van der Waals surface area contributed by atoms with Crippen molar-refractivity contribution in [3.8, 4) is 0 Å². The lowest BCUT2D eigenvalue weighted by molar-refractivity contribution is -0.128. The van der Waals surface area contributed by atoms with Gasteiger partial charge in [0.25, 0.3) is 0 Å². The van der Waals surface area contributed by atoms with E-state index >= 15 is 0 Å². The van der Waals surface area contributed by atoms with Gasteiger partial charge < -0.3 is 19.7 Å². The minimum absolute atomic E-state index is 0.0768. The van der Waals surface area contributed by atoms with Crippen LogP contribution in [-0.4, -0.2) is 51.0 Å². The van der Waals surface area contributed by atoms with Crippen molar-refractivity contribution in [3.05, 3.63) is 30.1 Å². The van der Waals surface area contributed by atoms with Crippen LogP contribution in [0.3, 0.4) is 0 Å². The zero-order valence-electron chi connectivity index (χ0n) is 14.6. The third-order valence-electron chi connectivity index (χ3n) is 4.86. The van der Waals surface area contributed by atoms with Gasteiger partial charge in [-0.1, -0.05) is 12.1 Å². The molecule has 1 aromatic carbocycles. The van der Waals surface area contributed by atoms with Crippen LogP contribution in [0.15, 0.2) is 24.3 Å². The predicted molar refractivity (Wildman–Crippen MR) is 94.2 cm³/mol. The maximum atomic E-state index is 13.8. The number of nitrogens with zero attached hydrogens (tertiary/aromatic N) is 1. The number of hydrogen-bond donors (Lipinski definition) is 1. The Morgan fingerprint density at radius 2 is 2.04 bits per heavy atom. The topological polar surface area (TPSA) is 50.8 Å². The molecule has 0 saturated carbocycles. The van der Waals surface area contributed by atoms with Gasteiger partial charge in [-0.25, -0.2) is 4.39 Å². The molecule has 2 aliphatic rings. The van der Waals surface area contributed by atoms with E-state index < -0.39 is 0 Å². The van der Waals surface area contributed by atoms with E-state index in [9.17, 15) is 9.18 Å². The smallest absolute Gasteiger partial charge is 0.246 e. The van der Waals surface area contributed by atoms with Gasteiger partial charge in [0.1, 0.15) is 12.4 Å². The van der Waals surface area contributed by atoms with Crippen LogP contribution in [-0.2, 0) is 14.3 Å². The van der Waals surface area contributed by atoms with Crippen LogP contribution in [0, 0.1) is 5.82 Å². The summed E-state index contributed by atoms with van der Waals surface area (Å²) in [6, 6.07) is 6.96. The van der Waals surface area contributed by atoms with E-state index in [0.29, 0.717) is 12.3 Å². The van der Waals surface area contributed by atoms with E-state index in [0.717, 1.165) is 45.4 Å². The number of halogens is 1. The lowest BCUT2D eigenvalue weighted by Crippen LogP contribution is -2.46. The molecule has 2 fully saturated rings. The summed E-state index contributed by atoms with van der Waals surface area (Å²) in [5.41, 5.74) is 0.642. The molecule has 25 heavy (non-hydrogen) atoms. The molecule has 0 unspecified atom stereocenters. The van der Waals surface area contributed by atoms with Crippen molar-refractivity contribution in [2.75, 3.05) is 37.8 Å². The van der Waals surface area contributed by atoms with Crippen LogP contribution in [0.2, 0.25) is 0 Å². The second kappa shape index (κ2) is 9.15. The van der Waals surface area contributed by atoms with Crippen LogP contribution in [0.5, 0.6) is 0 Å². The second-order valence-electron chi connectivity index (χ2n) is 6.78. The molecule has 5 nitrogen and oxygen atoms in total. The summed E-state index contributed by atoms with van der Waals surface area (Å²) in [5.74, 6) is -0.275. The molecule has 0 spiro atoms. The van der Waals surface area contributed by atoms with Gasteiger partial charge in [0.05, 0.1) is 18.4 Å². The molecule has 2 saturated heterocycles. The lowest BCUT2D eigenvalue weighted by atomic mass is 10.0. The summed E-state index contributed by atoms with van der Waals surface area (Å²) in [5, 5.41) is 3.02. The first-order valence-corrected chi connectivity index (χ1v) is 9.20. The van der Waals surface area contributed by atoms with Gasteiger partial charge in [-0.3, -0.25) is 4.79 Å². The molecule has 1 aromatic rings. The zero-order chi connectivity index (χ0) is 17.5. The number of amides is 1. The van der Waals surface area contributed by atoms with Crippen molar-refractivity contribution < 1.29 is 18.7 Å². The van der Waals surface area contributed by atoms with Gasteiger partial charge >= 0.3 is 0 Å². The maximum Gasteiger partial charge on any atom is 0.246 e. The minimum atomic E-state index is -0.191. The average Bonchev–Trinajstić information content (AvgIpc) is 2.64. The molecule has 1 amide bonds. The fourth-order valence-corrected chi connectivity index (χ4v) is 3.46. The van der Waals surface area contributed by atoms with E-state index in [1.54, 1.807) is 12.1 Å². The summed E-state index contributed by atoms with van der Waals surface area (Å²) in [6.45, 7) is 2.83. The molecule has 0 aliphatic carbocycles. The molecule has 2 aliphatic heterocycles. The minimum Gasteiger partial charge on any atom is -0.376 e. The number of para-hydroxylation sites is 1. The van der Waals surface area contributed by atoms with Gasteiger partial charge in [0.2, 0.25) is 5.91 Å². The van der Waals surface area contributed by atoms with Crippen LogP contribution >= 0.6 is 0 Å². The maximum absolute atomic E-state index is 13.8. The normalized spacial score (nSPS) is 22.0. The van der Waals surface area contributed by atoms with E-state index in [1.807, 2.05) is 11.0 Å². The summed E-state index contributed by atoms with van der Waals surface area (Å²) >= 11 is 0. The highest BCUT2D eigenvalue weighted by Gasteiger charge is 2.22. The van der Waals surface area contributed by atoms with Gasteiger partial charge in [0, 0.05) is 25.7 Å². The lowest BCUT2D eigenvalue weighted by Gasteiger charge is -2.34. The highest BCUT2D eigenvalue weighted by atomic mass is 19.1. The first-order valence-electron chi connectivity index (χ1n) is 9.20. The molecule has 2 heterocycles. The van der Waals surface area contributed by atoms with Crippen LogP contribution in [0.25, 0.3) is 0 Å². The number of anilines is 1. The molecule has 1 atom stereocenters. The first kappa shape index (κ1) is 18.1. The number of benzene rings is 1. The molecule has 3 rings (SSSR count). The SMILES string of the molecule is O=C(COC[C@@H]1CCCCO1)NC1CCN(c2ccccc2F)CC1. The third kappa shape index (κ3) is 5.41. The van der Waals surface area contributed by atoms with Crippen molar-refractivity contribution in [1.29, 1.82) is 0 Å². The fourth-order valence-electron chi connectivity index (χ4n) is 3.46. The fraction of sp³-hybridized carbons (Fsp3) is 0.632. The molecule has 0 bridgehead atoms. The number of nitrogens with one attached hydrogen (secondary N) is 1. The molecule has 0 aromatic heterocycles. The monoisotopic (exact) mass is 350 g/mol. The summed E-state index contributed by atoms with van der Waals surface area (Å²) in [7, 11) is 0. The average molecular weight is 350 g/mol. The van der Waals surface area contributed by atoms with E-state index in [2.05, 4.69) is 5.32 Å². The van der Waals surface area contributed by atoms with Crippen molar-refractivity contribution >= 4 is 11.6 Å². The number of carbonyl (C=O) groups is 1. The number of hydrogen-bond acceptors (Lipinski definition) is 4. The Morgan fingerprint density at radius 3 is 2.76 bits per heavy atom. The molecule has 1 N–H and O–H groups in total. The number of piperidine rings is 1. The Balaban J connectivity index is 1.34. The van der Waals surface area contributed by atoms with Gasteiger partial charge in [0.15, 0.2) is 0 Å². The molecule has 6 heteroatoms. The van der Waals surface area contributed by atoms with Crippen LogP contribution in [0.1, 0.15) is 32.1 Å². The molecular weight excluding hydrogens is 323 g/mol. The Morgan fingerprint density at radius 1 is 1.24 bits per heavy atom. The standard InChI is InChI=1S/C19H27FN2O3/c20-17-6-1-2-7-18(17)22-10-8-15(9-11-22)21-19(23)14-24-13-16-5-3-4-12-25-16/h1-2,6-7,15-16H,3-5,8-14H2,(H,21,23)/t16-/m0/s1.